The van der Waals surface area contributed by atoms with Gasteiger partial charge in [0.1, 0.15) is 23.4 Å². The maximum absolute atomic E-state index is 12.9. The molecule has 2 aromatic rings. The Hall–Kier alpha value is -1.61. The number of aliphatic hydroxyl groups excluding tert-OH is 1. The van der Waals surface area contributed by atoms with Gasteiger partial charge in [0.2, 0.25) is 0 Å². The van der Waals surface area contributed by atoms with Crippen LogP contribution in [0.5, 0.6) is 0 Å². The number of benzene rings is 1. The summed E-state index contributed by atoms with van der Waals surface area (Å²) >= 11 is 0. The molecule has 0 aliphatic heterocycles. The molecule has 0 fully saturated rings. The minimum Gasteiger partial charge on any atom is -0.463 e. The van der Waals surface area contributed by atoms with Crippen molar-refractivity contribution in [3.63, 3.8) is 0 Å². The van der Waals surface area contributed by atoms with E-state index in [0.717, 1.165) is 5.76 Å². The number of hydrogen-bond acceptors (Lipinski definition) is 2. The monoisotopic (exact) mass is 220 g/mol. The van der Waals surface area contributed by atoms with Crippen LogP contribution in [0, 0.1) is 19.7 Å². The van der Waals surface area contributed by atoms with Gasteiger partial charge in [-0.1, -0.05) is 6.07 Å². The van der Waals surface area contributed by atoms with E-state index in [1.54, 1.807) is 25.1 Å². The van der Waals surface area contributed by atoms with Crippen molar-refractivity contribution in [1.29, 1.82) is 0 Å². The van der Waals surface area contributed by atoms with Crippen molar-refractivity contribution in [3.8, 4) is 0 Å². The van der Waals surface area contributed by atoms with Gasteiger partial charge in [0, 0.05) is 0 Å². The van der Waals surface area contributed by atoms with Crippen molar-refractivity contribution in [3.05, 3.63) is 58.8 Å². The Labute approximate surface area is 93.3 Å². The molecule has 16 heavy (non-hydrogen) atoms. The first kappa shape index (κ1) is 10.9. The van der Waals surface area contributed by atoms with Gasteiger partial charge >= 0.3 is 0 Å². The Kier molecular flexibility index (Phi) is 2.79. The highest BCUT2D eigenvalue weighted by Crippen LogP contribution is 2.26. The van der Waals surface area contributed by atoms with Crippen molar-refractivity contribution in [1.82, 2.24) is 0 Å². The molecule has 0 bridgehead atoms. The summed E-state index contributed by atoms with van der Waals surface area (Å²) in [7, 11) is 0. The van der Waals surface area contributed by atoms with Gasteiger partial charge in [-0.3, -0.25) is 0 Å². The molecule has 0 unspecified atom stereocenters. The highest BCUT2D eigenvalue weighted by atomic mass is 19.1. The number of aliphatic hydroxyl groups is 1. The third kappa shape index (κ3) is 1.99. The van der Waals surface area contributed by atoms with Gasteiger partial charge in [0.25, 0.3) is 0 Å². The van der Waals surface area contributed by atoms with Crippen molar-refractivity contribution < 1.29 is 13.9 Å². The zero-order valence-corrected chi connectivity index (χ0v) is 9.20. The van der Waals surface area contributed by atoms with Gasteiger partial charge in [-0.05, 0) is 49.2 Å². The van der Waals surface area contributed by atoms with Crippen molar-refractivity contribution in [2.75, 3.05) is 0 Å². The van der Waals surface area contributed by atoms with Crippen LogP contribution >= 0.6 is 0 Å². The zero-order chi connectivity index (χ0) is 11.7. The Balaban J connectivity index is 2.37. The third-order valence-electron chi connectivity index (χ3n) is 2.56. The van der Waals surface area contributed by atoms with Crippen LogP contribution in [0.25, 0.3) is 0 Å². The normalized spacial score (nSPS) is 12.8. The molecular weight excluding hydrogens is 207 g/mol. The largest absolute Gasteiger partial charge is 0.463 e. The van der Waals surface area contributed by atoms with E-state index >= 15 is 0 Å². The van der Waals surface area contributed by atoms with E-state index in [0.29, 0.717) is 16.9 Å². The van der Waals surface area contributed by atoms with Crippen LogP contribution in [0.2, 0.25) is 0 Å². The van der Waals surface area contributed by atoms with Crippen LogP contribution in [-0.4, -0.2) is 5.11 Å². The van der Waals surface area contributed by atoms with Gasteiger partial charge in [-0.2, -0.15) is 0 Å². The van der Waals surface area contributed by atoms with Crippen molar-refractivity contribution in [2.45, 2.75) is 20.0 Å². The first-order chi connectivity index (χ1) is 7.58. The van der Waals surface area contributed by atoms with Gasteiger partial charge in [-0.25, -0.2) is 4.39 Å². The average molecular weight is 220 g/mol. The molecule has 84 valence electrons. The smallest absolute Gasteiger partial charge is 0.137 e. The average Bonchev–Trinajstić information content (AvgIpc) is 2.64. The second kappa shape index (κ2) is 4.10. The molecule has 0 spiro atoms. The summed E-state index contributed by atoms with van der Waals surface area (Å²) in [4.78, 5) is 0. The lowest BCUT2D eigenvalue weighted by Gasteiger charge is -2.11. The maximum atomic E-state index is 12.9. The van der Waals surface area contributed by atoms with E-state index in [1.807, 2.05) is 6.92 Å². The number of halogens is 1. The lowest BCUT2D eigenvalue weighted by atomic mass is 10.0. The number of hydrogen-bond donors (Lipinski definition) is 1. The molecule has 0 amide bonds. The molecule has 0 aliphatic rings. The van der Waals surface area contributed by atoms with E-state index in [-0.39, 0.29) is 5.82 Å². The van der Waals surface area contributed by atoms with E-state index in [2.05, 4.69) is 0 Å². The molecule has 1 heterocycles. The van der Waals surface area contributed by atoms with Crippen LogP contribution in [0.4, 0.5) is 4.39 Å². The molecule has 1 aromatic carbocycles. The molecule has 3 heteroatoms. The van der Waals surface area contributed by atoms with Crippen LogP contribution < -0.4 is 0 Å². The standard InChI is InChI=1S/C13H13FO2/c1-8-7-10(14)4-5-11(8)13(15)12-6-3-9(2)16-12/h3-7,13,15H,1-2H3/t13-/m0/s1. The van der Waals surface area contributed by atoms with Crippen molar-refractivity contribution in [2.24, 2.45) is 0 Å². The summed E-state index contributed by atoms with van der Waals surface area (Å²) < 4.78 is 18.3. The van der Waals surface area contributed by atoms with Gasteiger partial charge in [0.05, 0.1) is 0 Å². The second-order valence-electron chi connectivity index (χ2n) is 3.85. The van der Waals surface area contributed by atoms with E-state index in [4.69, 9.17) is 4.42 Å². The molecule has 0 radical (unpaired) electrons. The van der Waals surface area contributed by atoms with Crippen LogP contribution in [0.1, 0.15) is 28.8 Å². The third-order valence-corrected chi connectivity index (χ3v) is 2.56. The van der Waals surface area contributed by atoms with Crippen molar-refractivity contribution >= 4 is 0 Å². The minimum absolute atomic E-state index is 0.302. The van der Waals surface area contributed by atoms with Crippen LogP contribution in [0.3, 0.4) is 0 Å². The highest BCUT2D eigenvalue weighted by Gasteiger charge is 2.16. The molecule has 2 rings (SSSR count). The first-order valence-electron chi connectivity index (χ1n) is 5.08. The Morgan fingerprint density at radius 2 is 1.94 bits per heavy atom. The molecule has 1 aromatic heterocycles. The van der Waals surface area contributed by atoms with Gasteiger partial charge < -0.3 is 9.52 Å². The first-order valence-corrected chi connectivity index (χ1v) is 5.08. The topological polar surface area (TPSA) is 33.4 Å². The SMILES string of the molecule is Cc1ccc([C@@H](O)c2ccc(F)cc2C)o1. The number of furan rings is 1. The minimum atomic E-state index is -0.839. The molecule has 0 aliphatic carbocycles. The molecular formula is C13H13FO2. The second-order valence-corrected chi connectivity index (χ2v) is 3.85. The lowest BCUT2D eigenvalue weighted by molar-refractivity contribution is 0.187. The Morgan fingerprint density at radius 1 is 1.19 bits per heavy atom. The Morgan fingerprint density at radius 3 is 2.50 bits per heavy atom. The number of aryl methyl sites for hydroxylation is 2. The quantitative estimate of drug-likeness (QED) is 0.843. The van der Waals surface area contributed by atoms with E-state index in [9.17, 15) is 9.50 Å². The summed E-state index contributed by atoms with van der Waals surface area (Å²) in [5, 5.41) is 10.1. The summed E-state index contributed by atoms with van der Waals surface area (Å²) in [5.41, 5.74) is 1.37. The summed E-state index contributed by atoms with van der Waals surface area (Å²) in [6.45, 7) is 3.57. The predicted molar refractivity (Wildman–Crippen MR) is 58.6 cm³/mol. The Bertz CT molecular complexity index is 502. The molecule has 1 N–H and O–H groups in total. The fourth-order valence-corrected chi connectivity index (χ4v) is 1.70. The predicted octanol–water partition coefficient (Wildman–Crippen LogP) is 3.12. The van der Waals surface area contributed by atoms with Crippen LogP contribution in [-0.2, 0) is 0 Å². The highest BCUT2D eigenvalue weighted by molar-refractivity contribution is 5.32. The van der Waals surface area contributed by atoms with E-state index < -0.39 is 6.10 Å². The molecule has 0 saturated heterocycles. The summed E-state index contributed by atoms with van der Waals surface area (Å²) in [5.74, 6) is 0.921. The van der Waals surface area contributed by atoms with Gasteiger partial charge in [0.15, 0.2) is 0 Å². The lowest BCUT2D eigenvalue weighted by Crippen LogP contribution is -2.01. The fraction of sp³-hybridized carbons (Fsp3) is 0.231. The molecule has 2 nitrogen and oxygen atoms in total. The zero-order valence-electron chi connectivity index (χ0n) is 9.20. The van der Waals surface area contributed by atoms with E-state index in [1.165, 1.54) is 12.1 Å². The summed E-state index contributed by atoms with van der Waals surface area (Å²) in [6, 6.07) is 7.82. The van der Waals surface area contributed by atoms with Gasteiger partial charge in [-0.15, -0.1) is 0 Å². The maximum Gasteiger partial charge on any atom is 0.137 e. The molecule has 0 saturated carbocycles. The summed E-state index contributed by atoms with van der Waals surface area (Å²) in [6.07, 6.45) is -0.839. The fourth-order valence-electron chi connectivity index (χ4n) is 1.70. The number of rotatable bonds is 2. The van der Waals surface area contributed by atoms with Crippen LogP contribution in [0.15, 0.2) is 34.7 Å². The molecule has 1 atom stereocenters.